The summed E-state index contributed by atoms with van der Waals surface area (Å²) in [7, 11) is 0. The largest absolute Gasteiger partial charge is 0.327 e. The minimum absolute atomic E-state index is 0.329. The van der Waals surface area contributed by atoms with Gasteiger partial charge in [-0.1, -0.05) is 23.7 Å². The first kappa shape index (κ1) is 11.9. The first-order valence-electron chi connectivity index (χ1n) is 5.92. The van der Waals surface area contributed by atoms with Gasteiger partial charge in [0.1, 0.15) is 0 Å². The molecule has 0 saturated carbocycles. The van der Waals surface area contributed by atoms with E-state index in [-0.39, 0.29) is 0 Å². The summed E-state index contributed by atoms with van der Waals surface area (Å²) in [5.41, 5.74) is 7.28. The van der Waals surface area contributed by atoms with Crippen LogP contribution < -0.4 is 5.73 Å². The average molecular weight is 239 g/mol. The van der Waals surface area contributed by atoms with Crippen molar-refractivity contribution in [1.82, 2.24) is 4.90 Å². The number of halogens is 1. The lowest BCUT2D eigenvalue weighted by atomic mass is 10.0. The molecule has 1 saturated heterocycles. The molecule has 0 unspecified atom stereocenters. The van der Waals surface area contributed by atoms with E-state index in [1.54, 1.807) is 0 Å². The third-order valence-corrected chi connectivity index (χ3v) is 3.60. The summed E-state index contributed by atoms with van der Waals surface area (Å²) in [6, 6.07) is 8.85. The van der Waals surface area contributed by atoms with Crippen molar-refractivity contribution in [3.63, 3.8) is 0 Å². The maximum atomic E-state index is 6.01. The zero-order valence-corrected chi connectivity index (χ0v) is 10.5. The van der Waals surface area contributed by atoms with Crippen molar-refractivity contribution in [2.24, 2.45) is 5.73 Å². The van der Waals surface area contributed by atoms with Gasteiger partial charge in [-0.2, -0.15) is 0 Å². The Morgan fingerprint density at radius 2 is 2.31 bits per heavy atom. The van der Waals surface area contributed by atoms with E-state index in [1.165, 1.54) is 12.0 Å². The predicted octanol–water partition coefficient (Wildman–Crippen LogP) is 2.82. The van der Waals surface area contributed by atoms with Crippen LogP contribution in [0.15, 0.2) is 24.3 Å². The van der Waals surface area contributed by atoms with Crippen LogP contribution in [0.2, 0.25) is 5.02 Å². The van der Waals surface area contributed by atoms with Gasteiger partial charge in [-0.25, -0.2) is 0 Å². The zero-order chi connectivity index (χ0) is 11.5. The highest BCUT2D eigenvalue weighted by Crippen LogP contribution is 2.25. The quantitative estimate of drug-likeness (QED) is 0.859. The van der Waals surface area contributed by atoms with Crippen molar-refractivity contribution >= 4 is 11.6 Å². The Morgan fingerprint density at radius 3 is 3.00 bits per heavy atom. The van der Waals surface area contributed by atoms with Gasteiger partial charge >= 0.3 is 0 Å². The summed E-state index contributed by atoms with van der Waals surface area (Å²) in [5, 5.41) is 0.811. The number of likely N-dealkylation sites (tertiary alicyclic amines) is 1. The molecule has 0 spiro atoms. The van der Waals surface area contributed by atoms with Crippen LogP contribution in [0.4, 0.5) is 0 Å². The van der Waals surface area contributed by atoms with E-state index in [1.807, 2.05) is 18.2 Å². The number of hydrogen-bond acceptors (Lipinski definition) is 2. The second-order valence-electron chi connectivity index (χ2n) is 4.63. The second kappa shape index (κ2) is 5.17. The smallest absolute Gasteiger partial charge is 0.0409 e. The molecule has 0 amide bonds. The molecule has 1 fully saturated rings. The third kappa shape index (κ3) is 2.76. The van der Waals surface area contributed by atoms with Crippen LogP contribution in [-0.4, -0.2) is 24.0 Å². The molecule has 0 aromatic heterocycles. The molecule has 0 aliphatic carbocycles. The Hall–Kier alpha value is -0.570. The SMILES string of the molecule is C[C@@H](c1cccc(Cl)c1)N1CCC[C@H](N)C1. The maximum absolute atomic E-state index is 6.01. The molecule has 2 rings (SSSR count). The number of piperidine rings is 1. The molecule has 16 heavy (non-hydrogen) atoms. The van der Waals surface area contributed by atoms with Crippen LogP contribution in [0.3, 0.4) is 0 Å². The molecule has 1 aliphatic heterocycles. The minimum atomic E-state index is 0.329. The van der Waals surface area contributed by atoms with Gasteiger partial charge in [0.2, 0.25) is 0 Å². The lowest BCUT2D eigenvalue weighted by Gasteiger charge is -2.35. The van der Waals surface area contributed by atoms with Gasteiger partial charge < -0.3 is 5.73 Å². The van der Waals surface area contributed by atoms with Crippen LogP contribution in [-0.2, 0) is 0 Å². The fourth-order valence-electron chi connectivity index (χ4n) is 2.37. The van der Waals surface area contributed by atoms with Gasteiger partial charge in [0.15, 0.2) is 0 Å². The predicted molar refractivity (Wildman–Crippen MR) is 68.6 cm³/mol. The van der Waals surface area contributed by atoms with Crippen LogP contribution in [0, 0.1) is 0 Å². The monoisotopic (exact) mass is 238 g/mol. The van der Waals surface area contributed by atoms with Crippen molar-refractivity contribution in [2.75, 3.05) is 13.1 Å². The summed E-state index contributed by atoms with van der Waals surface area (Å²) in [4.78, 5) is 2.44. The third-order valence-electron chi connectivity index (χ3n) is 3.37. The van der Waals surface area contributed by atoms with Crippen LogP contribution in [0.1, 0.15) is 31.4 Å². The zero-order valence-electron chi connectivity index (χ0n) is 9.70. The van der Waals surface area contributed by atoms with Crippen LogP contribution in [0.5, 0.6) is 0 Å². The highest BCUT2D eigenvalue weighted by atomic mass is 35.5. The minimum Gasteiger partial charge on any atom is -0.327 e. The molecule has 2 nitrogen and oxygen atoms in total. The molecule has 2 N–H and O–H groups in total. The van der Waals surface area contributed by atoms with Gasteiger partial charge in [0.25, 0.3) is 0 Å². The number of hydrogen-bond donors (Lipinski definition) is 1. The first-order valence-corrected chi connectivity index (χ1v) is 6.29. The standard InChI is InChI=1S/C13H19ClN2/c1-10(11-4-2-5-12(14)8-11)16-7-3-6-13(15)9-16/h2,4-5,8,10,13H,3,6-7,9,15H2,1H3/t10-,13-/m0/s1. The molecule has 0 radical (unpaired) electrons. The average Bonchev–Trinajstić information content (AvgIpc) is 2.28. The summed E-state index contributed by atoms with van der Waals surface area (Å²) in [6.07, 6.45) is 2.35. The topological polar surface area (TPSA) is 29.3 Å². The summed E-state index contributed by atoms with van der Waals surface area (Å²) in [5.74, 6) is 0. The van der Waals surface area contributed by atoms with Gasteiger partial charge in [0.05, 0.1) is 0 Å². The van der Waals surface area contributed by atoms with Gasteiger partial charge in [-0.3, -0.25) is 4.90 Å². The molecule has 1 aromatic carbocycles. The fourth-order valence-corrected chi connectivity index (χ4v) is 2.57. The van der Waals surface area contributed by atoms with Crippen molar-refractivity contribution in [3.8, 4) is 0 Å². The fraction of sp³-hybridized carbons (Fsp3) is 0.538. The van der Waals surface area contributed by atoms with Gasteiger partial charge in [-0.05, 0) is 44.0 Å². The van der Waals surface area contributed by atoms with Crippen LogP contribution in [0.25, 0.3) is 0 Å². The molecule has 3 heteroatoms. The maximum Gasteiger partial charge on any atom is 0.0409 e. The Balaban J connectivity index is 2.09. The lowest BCUT2D eigenvalue weighted by Crippen LogP contribution is -2.43. The Bertz CT molecular complexity index is 354. The number of rotatable bonds is 2. The first-order chi connectivity index (χ1) is 7.66. The number of nitrogens with zero attached hydrogens (tertiary/aromatic N) is 1. The molecule has 1 aliphatic rings. The lowest BCUT2D eigenvalue weighted by molar-refractivity contribution is 0.159. The van der Waals surface area contributed by atoms with Gasteiger partial charge in [-0.15, -0.1) is 0 Å². The number of nitrogens with two attached hydrogens (primary N) is 1. The van der Waals surface area contributed by atoms with Crippen molar-refractivity contribution in [2.45, 2.75) is 31.8 Å². The number of benzene rings is 1. The summed E-state index contributed by atoms with van der Waals surface area (Å²) >= 11 is 6.01. The molecule has 1 aromatic rings. The molecule has 1 heterocycles. The highest BCUT2D eigenvalue weighted by Gasteiger charge is 2.22. The van der Waals surface area contributed by atoms with E-state index < -0.39 is 0 Å². The van der Waals surface area contributed by atoms with Crippen molar-refractivity contribution < 1.29 is 0 Å². The van der Waals surface area contributed by atoms with E-state index in [4.69, 9.17) is 17.3 Å². The Kier molecular flexibility index (Phi) is 3.85. The van der Waals surface area contributed by atoms with E-state index in [0.29, 0.717) is 12.1 Å². The van der Waals surface area contributed by atoms with E-state index in [9.17, 15) is 0 Å². The van der Waals surface area contributed by atoms with Crippen molar-refractivity contribution in [1.29, 1.82) is 0 Å². The van der Waals surface area contributed by atoms with Crippen LogP contribution >= 0.6 is 11.6 Å². The molecule has 88 valence electrons. The van der Waals surface area contributed by atoms with E-state index in [2.05, 4.69) is 17.9 Å². The highest BCUT2D eigenvalue weighted by molar-refractivity contribution is 6.30. The Labute approximate surface area is 102 Å². The normalized spacial score (nSPS) is 24.3. The molecular weight excluding hydrogens is 220 g/mol. The molecular formula is C13H19ClN2. The Morgan fingerprint density at radius 1 is 1.50 bits per heavy atom. The van der Waals surface area contributed by atoms with Gasteiger partial charge in [0, 0.05) is 23.7 Å². The molecule has 2 atom stereocenters. The summed E-state index contributed by atoms with van der Waals surface area (Å²) < 4.78 is 0. The van der Waals surface area contributed by atoms with Crippen molar-refractivity contribution in [3.05, 3.63) is 34.9 Å². The van der Waals surface area contributed by atoms with E-state index in [0.717, 1.165) is 24.5 Å². The molecule has 0 bridgehead atoms. The second-order valence-corrected chi connectivity index (χ2v) is 5.06. The summed E-state index contributed by atoms with van der Waals surface area (Å²) in [6.45, 7) is 4.36. The van der Waals surface area contributed by atoms with E-state index >= 15 is 0 Å².